The quantitative estimate of drug-likeness (QED) is 0.715. The van der Waals surface area contributed by atoms with Crippen molar-refractivity contribution in [3.63, 3.8) is 0 Å². The number of allylic oxidation sites excluding steroid dienone is 2. The molecule has 1 heterocycles. The first-order chi connectivity index (χ1) is 13.5. The molecule has 0 atom stereocenters. The molecule has 0 aromatic heterocycles. The first-order valence-corrected chi connectivity index (χ1v) is 10.6. The Bertz CT molecular complexity index is 955. The van der Waals surface area contributed by atoms with Crippen LogP contribution in [0.15, 0.2) is 84.7 Å². The molecule has 0 fully saturated rings. The molecule has 0 bridgehead atoms. The third kappa shape index (κ3) is 6.28. The zero-order valence-corrected chi connectivity index (χ0v) is 16.2. The monoisotopic (exact) mass is 397 g/mol. The molecular weight excluding hydrogens is 374 g/mol. The van der Waals surface area contributed by atoms with Crippen LogP contribution in [0, 0.1) is 0 Å². The number of rotatable bonds is 8. The Hall–Kier alpha value is -3.06. The van der Waals surface area contributed by atoms with Gasteiger partial charge < -0.3 is 10.2 Å². The SMILES string of the molecule is O=C(CN1C=CC=C(NS(=O)(=O)Cc2ccccc2)C1)NCc1ccccc1. The normalized spacial score (nSPS) is 13.7. The lowest BCUT2D eigenvalue weighted by molar-refractivity contribution is -0.121. The van der Waals surface area contributed by atoms with E-state index >= 15 is 0 Å². The smallest absolute Gasteiger partial charge is 0.239 e. The highest BCUT2D eigenvalue weighted by atomic mass is 32.2. The Kier molecular flexibility index (Phi) is 6.49. The Morgan fingerprint density at radius 2 is 1.61 bits per heavy atom. The van der Waals surface area contributed by atoms with E-state index in [1.807, 2.05) is 48.5 Å². The second-order valence-corrected chi connectivity index (χ2v) is 8.27. The minimum atomic E-state index is -3.51. The number of nitrogens with one attached hydrogen (secondary N) is 2. The van der Waals surface area contributed by atoms with Crippen LogP contribution in [-0.2, 0) is 27.1 Å². The predicted octanol–water partition coefficient (Wildman–Crippen LogP) is 2.14. The van der Waals surface area contributed by atoms with E-state index in [1.165, 1.54) is 0 Å². The number of amides is 1. The molecule has 7 heteroatoms. The van der Waals surface area contributed by atoms with Gasteiger partial charge in [0.2, 0.25) is 15.9 Å². The molecule has 2 N–H and O–H groups in total. The van der Waals surface area contributed by atoms with Crippen LogP contribution in [0.2, 0.25) is 0 Å². The van der Waals surface area contributed by atoms with E-state index < -0.39 is 10.0 Å². The van der Waals surface area contributed by atoms with Crippen LogP contribution in [-0.4, -0.2) is 32.3 Å². The fourth-order valence-corrected chi connectivity index (χ4v) is 4.08. The number of carbonyl (C=O) groups is 1. The maximum Gasteiger partial charge on any atom is 0.239 e. The first kappa shape index (κ1) is 19.7. The van der Waals surface area contributed by atoms with Gasteiger partial charge in [0.1, 0.15) is 0 Å². The summed E-state index contributed by atoms with van der Waals surface area (Å²) >= 11 is 0. The van der Waals surface area contributed by atoms with Gasteiger partial charge in [0, 0.05) is 18.4 Å². The molecule has 2 aromatic carbocycles. The average molecular weight is 398 g/mol. The van der Waals surface area contributed by atoms with Crippen molar-refractivity contribution < 1.29 is 13.2 Å². The van der Waals surface area contributed by atoms with E-state index in [0.717, 1.165) is 11.1 Å². The summed E-state index contributed by atoms with van der Waals surface area (Å²) in [7, 11) is -3.51. The van der Waals surface area contributed by atoms with E-state index in [1.54, 1.807) is 35.4 Å². The molecule has 0 saturated heterocycles. The summed E-state index contributed by atoms with van der Waals surface area (Å²) in [5, 5.41) is 2.87. The van der Waals surface area contributed by atoms with Crippen LogP contribution >= 0.6 is 0 Å². The van der Waals surface area contributed by atoms with Crippen molar-refractivity contribution in [1.29, 1.82) is 0 Å². The minimum Gasteiger partial charge on any atom is -0.362 e. The molecular formula is C21H23N3O3S. The molecule has 1 aliphatic rings. The van der Waals surface area contributed by atoms with E-state index in [9.17, 15) is 13.2 Å². The Labute approximate surface area is 165 Å². The molecule has 2 aromatic rings. The van der Waals surface area contributed by atoms with E-state index in [-0.39, 0.29) is 18.2 Å². The summed E-state index contributed by atoms with van der Waals surface area (Å²) in [5.74, 6) is -0.214. The van der Waals surface area contributed by atoms with Gasteiger partial charge in [0.05, 0.1) is 18.8 Å². The molecule has 1 amide bonds. The van der Waals surface area contributed by atoms with Crippen LogP contribution in [0.5, 0.6) is 0 Å². The Morgan fingerprint density at radius 1 is 0.964 bits per heavy atom. The summed E-state index contributed by atoms with van der Waals surface area (Å²) in [5.41, 5.74) is 2.28. The van der Waals surface area contributed by atoms with Gasteiger partial charge in [0.25, 0.3) is 0 Å². The first-order valence-electron chi connectivity index (χ1n) is 8.97. The zero-order valence-electron chi connectivity index (χ0n) is 15.4. The highest BCUT2D eigenvalue weighted by Gasteiger charge is 2.17. The largest absolute Gasteiger partial charge is 0.362 e. The number of sulfonamides is 1. The van der Waals surface area contributed by atoms with Gasteiger partial charge in [-0.3, -0.25) is 9.52 Å². The summed E-state index contributed by atoms with van der Waals surface area (Å²) in [4.78, 5) is 13.9. The minimum absolute atomic E-state index is 0.0908. The fraction of sp³-hybridized carbons (Fsp3) is 0.190. The van der Waals surface area contributed by atoms with Crippen molar-refractivity contribution in [3.8, 4) is 0 Å². The lowest BCUT2D eigenvalue weighted by Crippen LogP contribution is -2.38. The van der Waals surface area contributed by atoms with Gasteiger partial charge in [-0.25, -0.2) is 8.42 Å². The molecule has 6 nitrogen and oxygen atoms in total. The highest BCUT2D eigenvalue weighted by Crippen LogP contribution is 2.10. The van der Waals surface area contributed by atoms with E-state index in [0.29, 0.717) is 18.8 Å². The van der Waals surface area contributed by atoms with Crippen LogP contribution in [0.4, 0.5) is 0 Å². The number of carbonyl (C=O) groups excluding carboxylic acids is 1. The van der Waals surface area contributed by atoms with Gasteiger partial charge in [-0.15, -0.1) is 0 Å². The van der Waals surface area contributed by atoms with Gasteiger partial charge >= 0.3 is 0 Å². The van der Waals surface area contributed by atoms with Crippen molar-refractivity contribution >= 4 is 15.9 Å². The molecule has 1 aliphatic heterocycles. The zero-order chi connectivity index (χ0) is 19.8. The highest BCUT2D eigenvalue weighted by molar-refractivity contribution is 7.88. The molecule has 3 rings (SSSR count). The molecule has 0 saturated carbocycles. The summed E-state index contributed by atoms with van der Waals surface area (Å²) < 4.78 is 27.4. The van der Waals surface area contributed by atoms with Crippen LogP contribution in [0.3, 0.4) is 0 Å². The van der Waals surface area contributed by atoms with Crippen molar-refractivity contribution in [2.24, 2.45) is 0 Å². The molecule has 0 spiro atoms. The molecule has 0 aliphatic carbocycles. The summed E-state index contributed by atoms with van der Waals surface area (Å²) in [6, 6.07) is 18.7. The molecule has 0 unspecified atom stereocenters. The average Bonchev–Trinajstić information content (AvgIpc) is 2.67. The van der Waals surface area contributed by atoms with Crippen molar-refractivity contribution in [2.75, 3.05) is 13.1 Å². The third-order valence-corrected chi connectivity index (χ3v) is 5.42. The summed E-state index contributed by atoms with van der Waals surface area (Å²) in [6.07, 6.45) is 5.21. The van der Waals surface area contributed by atoms with Crippen LogP contribution in [0.1, 0.15) is 11.1 Å². The second-order valence-electron chi connectivity index (χ2n) is 6.55. The van der Waals surface area contributed by atoms with Crippen molar-refractivity contribution in [1.82, 2.24) is 14.9 Å². The Morgan fingerprint density at radius 3 is 2.29 bits per heavy atom. The lowest BCUT2D eigenvalue weighted by atomic mass is 10.2. The van der Waals surface area contributed by atoms with Gasteiger partial charge in [-0.1, -0.05) is 60.7 Å². The summed E-state index contributed by atoms with van der Waals surface area (Å²) in [6.45, 7) is 0.938. The number of nitrogens with zero attached hydrogens (tertiary/aromatic N) is 1. The van der Waals surface area contributed by atoms with Gasteiger partial charge in [0.15, 0.2) is 0 Å². The molecule has 0 radical (unpaired) electrons. The number of hydrogen-bond donors (Lipinski definition) is 2. The van der Waals surface area contributed by atoms with Gasteiger partial charge in [-0.05, 0) is 23.3 Å². The van der Waals surface area contributed by atoms with Crippen molar-refractivity contribution in [3.05, 3.63) is 95.8 Å². The third-order valence-electron chi connectivity index (χ3n) is 4.13. The maximum absolute atomic E-state index is 12.4. The number of benzene rings is 2. The topological polar surface area (TPSA) is 78.5 Å². The maximum atomic E-state index is 12.4. The standard InChI is InChI=1S/C21H23N3O3S/c25-21(22-14-18-8-3-1-4-9-18)16-24-13-7-12-20(15-24)23-28(26,27)17-19-10-5-2-6-11-19/h1-13,23H,14-17H2,(H,22,25). The number of hydrogen-bond acceptors (Lipinski definition) is 4. The van der Waals surface area contributed by atoms with E-state index in [4.69, 9.17) is 0 Å². The van der Waals surface area contributed by atoms with Crippen LogP contribution in [0.25, 0.3) is 0 Å². The van der Waals surface area contributed by atoms with Crippen LogP contribution < -0.4 is 10.0 Å². The van der Waals surface area contributed by atoms with E-state index in [2.05, 4.69) is 10.0 Å². The lowest BCUT2D eigenvalue weighted by Gasteiger charge is -2.24. The second kappa shape index (κ2) is 9.23. The predicted molar refractivity (Wildman–Crippen MR) is 109 cm³/mol. The molecule has 28 heavy (non-hydrogen) atoms. The van der Waals surface area contributed by atoms with Gasteiger partial charge in [-0.2, -0.15) is 0 Å². The Balaban J connectivity index is 1.49. The molecule has 146 valence electrons. The fourth-order valence-electron chi connectivity index (χ4n) is 2.85. The van der Waals surface area contributed by atoms with Crippen molar-refractivity contribution in [2.45, 2.75) is 12.3 Å².